The monoisotopic (exact) mass is 242 g/mol. The predicted molar refractivity (Wildman–Crippen MR) is 64.5 cm³/mol. The van der Waals surface area contributed by atoms with Gasteiger partial charge in [0.25, 0.3) is 0 Å². The molecule has 0 atom stereocenters. The smallest absolute Gasteiger partial charge is 0.320 e. The summed E-state index contributed by atoms with van der Waals surface area (Å²) in [5.74, 6) is -0.101. The van der Waals surface area contributed by atoms with Gasteiger partial charge in [-0.2, -0.15) is 0 Å². The summed E-state index contributed by atoms with van der Waals surface area (Å²) in [6.45, 7) is 10.3. The molecule has 98 valence electrons. The van der Waals surface area contributed by atoms with Crippen LogP contribution in [0.4, 0.5) is 0 Å². The van der Waals surface area contributed by atoms with Crippen LogP contribution in [0.3, 0.4) is 0 Å². The lowest BCUT2D eigenvalue weighted by molar-refractivity contribution is -0.156. The quantitative estimate of drug-likeness (QED) is 0.661. The Bertz CT molecular complexity index is 289. The van der Waals surface area contributed by atoms with Crippen LogP contribution in [-0.2, 0) is 14.3 Å². The van der Waals surface area contributed by atoms with Crippen molar-refractivity contribution in [1.29, 1.82) is 0 Å². The molecule has 0 spiro atoms. The molecule has 0 aromatic carbocycles. The van der Waals surface area contributed by atoms with Crippen LogP contribution < -0.4 is 0 Å². The van der Waals surface area contributed by atoms with Gasteiger partial charge in [0, 0.05) is 33.1 Å². The second-order valence-electron chi connectivity index (χ2n) is 5.37. The summed E-state index contributed by atoms with van der Waals surface area (Å²) in [5.41, 5.74) is -0.432. The van der Waals surface area contributed by atoms with Crippen molar-refractivity contribution in [3.05, 3.63) is 0 Å². The number of amides is 1. The van der Waals surface area contributed by atoms with Gasteiger partial charge in [-0.3, -0.25) is 14.5 Å². The van der Waals surface area contributed by atoms with Gasteiger partial charge in [-0.05, 0) is 20.8 Å². The number of hydrogen-bond acceptors (Lipinski definition) is 4. The van der Waals surface area contributed by atoms with E-state index in [1.165, 1.54) is 0 Å². The molecular weight excluding hydrogens is 220 g/mol. The lowest BCUT2D eigenvalue weighted by Gasteiger charge is -2.34. The van der Waals surface area contributed by atoms with Crippen LogP contribution in [0.1, 0.15) is 27.7 Å². The van der Waals surface area contributed by atoms with E-state index in [4.69, 9.17) is 4.74 Å². The topological polar surface area (TPSA) is 49.9 Å². The Hall–Kier alpha value is -1.10. The molecule has 5 heteroatoms. The van der Waals surface area contributed by atoms with E-state index in [9.17, 15) is 9.59 Å². The number of piperazine rings is 1. The summed E-state index contributed by atoms with van der Waals surface area (Å²) in [5, 5.41) is 0. The van der Waals surface area contributed by atoms with Gasteiger partial charge in [-0.25, -0.2) is 0 Å². The van der Waals surface area contributed by atoms with Crippen molar-refractivity contribution >= 4 is 11.9 Å². The van der Waals surface area contributed by atoms with E-state index in [-0.39, 0.29) is 11.9 Å². The minimum absolute atomic E-state index is 0.0990. The molecule has 1 fully saturated rings. The molecule has 0 saturated carbocycles. The summed E-state index contributed by atoms with van der Waals surface area (Å²) in [6, 6.07) is 0. The van der Waals surface area contributed by atoms with Crippen LogP contribution in [0.25, 0.3) is 0 Å². The van der Waals surface area contributed by atoms with E-state index in [2.05, 4.69) is 0 Å². The maximum absolute atomic E-state index is 11.6. The summed E-state index contributed by atoms with van der Waals surface area (Å²) in [6.07, 6.45) is 0. The number of carbonyl (C=O) groups excluding carboxylic acids is 2. The Balaban J connectivity index is 2.31. The standard InChI is InChI=1S/C12H22N2O3/c1-10(15)14-7-5-13(6-8-14)9-11(16)17-12(2,3)4/h5-9H2,1-4H3. The first kappa shape index (κ1) is 14.0. The zero-order chi connectivity index (χ0) is 13.1. The Morgan fingerprint density at radius 1 is 1.12 bits per heavy atom. The first-order valence-electron chi connectivity index (χ1n) is 5.97. The fraction of sp³-hybridized carbons (Fsp3) is 0.833. The first-order valence-corrected chi connectivity index (χ1v) is 5.97. The molecule has 0 aromatic heterocycles. The Morgan fingerprint density at radius 3 is 2.06 bits per heavy atom. The van der Waals surface area contributed by atoms with Crippen molar-refractivity contribution in [1.82, 2.24) is 9.80 Å². The van der Waals surface area contributed by atoms with E-state index in [0.29, 0.717) is 19.6 Å². The van der Waals surface area contributed by atoms with Crippen molar-refractivity contribution in [2.24, 2.45) is 0 Å². The number of carbonyl (C=O) groups is 2. The van der Waals surface area contributed by atoms with Gasteiger partial charge in [0.1, 0.15) is 5.60 Å². The van der Waals surface area contributed by atoms with Crippen molar-refractivity contribution < 1.29 is 14.3 Å². The van der Waals surface area contributed by atoms with Crippen LogP contribution in [0.15, 0.2) is 0 Å². The third-order valence-corrected chi connectivity index (χ3v) is 2.59. The largest absolute Gasteiger partial charge is 0.459 e. The minimum atomic E-state index is -0.432. The van der Waals surface area contributed by atoms with Gasteiger partial charge >= 0.3 is 5.97 Å². The van der Waals surface area contributed by atoms with Crippen molar-refractivity contribution in [2.45, 2.75) is 33.3 Å². The van der Waals surface area contributed by atoms with E-state index < -0.39 is 5.60 Å². The highest BCUT2D eigenvalue weighted by molar-refractivity contribution is 5.74. The predicted octanol–water partition coefficient (Wildman–Crippen LogP) is 0.492. The van der Waals surface area contributed by atoms with Gasteiger partial charge < -0.3 is 9.64 Å². The lowest BCUT2D eigenvalue weighted by atomic mass is 10.2. The van der Waals surface area contributed by atoms with E-state index >= 15 is 0 Å². The third kappa shape index (κ3) is 5.17. The third-order valence-electron chi connectivity index (χ3n) is 2.59. The summed E-state index contributed by atoms with van der Waals surface area (Å²) in [4.78, 5) is 26.5. The Kier molecular flexibility index (Phi) is 4.51. The molecule has 1 aliphatic rings. The van der Waals surface area contributed by atoms with Gasteiger partial charge in [0.15, 0.2) is 0 Å². The first-order chi connectivity index (χ1) is 7.78. The molecule has 0 aliphatic carbocycles. The van der Waals surface area contributed by atoms with Crippen LogP contribution in [0, 0.1) is 0 Å². The van der Waals surface area contributed by atoms with E-state index in [0.717, 1.165) is 13.1 Å². The second kappa shape index (κ2) is 5.49. The molecular formula is C12H22N2O3. The van der Waals surface area contributed by atoms with Gasteiger partial charge in [-0.15, -0.1) is 0 Å². The molecule has 5 nitrogen and oxygen atoms in total. The molecule has 1 amide bonds. The maximum Gasteiger partial charge on any atom is 0.320 e. The SMILES string of the molecule is CC(=O)N1CCN(CC(=O)OC(C)(C)C)CC1. The summed E-state index contributed by atoms with van der Waals surface area (Å²) < 4.78 is 5.25. The molecule has 0 N–H and O–H groups in total. The van der Waals surface area contributed by atoms with Gasteiger partial charge in [-0.1, -0.05) is 0 Å². The Morgan fingerprint density at radius 2 is 1.65 bits per heavy atom. The number of nitrogens with zero attached hydrogens (tertiary/aromatic N) is 2. The molecule has 1 rings (SSSR count). The second-order valence-corrected chi connectivity index (χ2v) is 5.37. The Labute approximate surface area is 103 Å². The highest BCUT2D eigenvalue weighted by Gasteiger charge is 2.23. The van der Waals surface area contributed by atoms with Crippen LogP contribution in [-0.4, -0.2) is 60.0 Å². The molecule has 1 aliphatic heterocycles. The zero-order valence-corrected chi connectivity index (χ0v) is 11.2. The maximum atomic E-state index is 11.6. The fourth-order valence-corrected chi connectivity index (χ4v) is 1.78. The molecule has 0 unspecified atom stereocenters. The van der Waals surface area contributed by atoms with E-state index in [1.807, 2.05) is 25.7 Å². The van der Waals surface area contributed by atoms with Crippen molar-refractivity contribution in [3.8, 4) is 0 Å². The molecule has 0 aromatic rings. The average molecular weight is 242 g/mol. The fourth-order valence-electron chi connectivity index (χ4n) is 1.78. The average Bonchev–Trinajstić information content (AvgIpc) is 2.15. The highest BCUT2D eigenvalue weighted by atomic mass is 16.6. The molecule has 0 bridgehead atoms. The number of hydrogen-bond donors (Lipinski definition) is 0. The van der Waals surface area contributed by atoms with Crippen molar-refractivity contribution in [2.75, 3.05) is 32.7 Å². The van der Waals surface area contributed by atoms with Crippen molar-refractivity contribution in [3.63, 3.8) is 0 Å². The van der Waals surface area contributed by atoms with E-state index in [1.54, 1.807) is 11.8 Å². The highest BCUT2D eigenvalue weighted by Crippen LogP contribution is 2.08. The molecule has 1 heterocycles. The number of esters is 1. The lowest BCUT2D eigenvalue weighted by Crippen LogP contribution is -2.49. The van der Waals surface area contributed by atoms with Gasteiger partial charge in [0.05, 0.1) is 6.54 Å². The molecule has 17 heavy (non-hydrogen) atoms. The molecule has 1 saturated heterocycles. The minimum Gasteiger partial charge on any atom is -0.459 e. The zero-order valence-electron chi connectivity index (χ0n) is 11.2. The van der Waals surface area contributed by atoms with Crippen LogP contribution in [0.2, 0.25) is 0 Å². The summed E-state index contributed by atoms with van der Waals surface area (Å²) >= 11 is 0. The number of ether oxygens (including phenoxy) is 1. The van der Waals surface area contributed by atoms with Crippen LogP contribution in [0.5, 0.6) is 0 Å². The molecule has 0 radical (unpaired) electrons. The van der Waals surface area contributed by atoms with Crippen LogP contribution >= 0.6 is 0 Å². The normalized spacial score (nSPS) is 18.0. The van der Waals surface area contributed by atoms with Gasteiger partial charge in [0.2, 0.25) is 5.91 Å². The number of rotatable bonds is 2. The summed E-state index contributed by atoms with van der Waals surface area (Å²) in [7, 11) is 0.